The van der Waals surface area contributed by atoms with Crippen LogP contribution in [0.4, 0.5) is 0 Å². The number of nitrogens with two attached hydrogens (primary N) is 1. The predicted octanol–water partition coefficient (Wildman–Crippen LogP) is 2.77. The maximum absolute atomic E-state index is 11.2. The molecule has 2 atom stereocenters. The molecule has 0 amide bonds. The number of aromatic nitrogens is 1. The van der Waals surface area contributed by atoms with Crippen LogP contribution in [0.25, 0.3) is 10.9 Å². The van der Waals surface area contributed by atoms with Crippen LogP contribution < -0.4 is 5.73 Å². The van der Waals surface area contributed by atoms with E-state index in [1.807, 2.05) is 32.2 Å². The normalized spacial score (nSPS) is 14.5. The van der Waals surface area contributed by atoms with Crippen molar-refractivity contribution in [1.29, 1.82) is 0 Å². The van der Waals surface area contributed by atoms with Gasteiger partial charge in [-0.05, 0) is 30.5 Å². The van der Waals surface area contributed by atoms with E-state index in [-0.39, 0.29) is 5.92 Å². The highest BCUT2D eigenvalue weighted by Crippen LogP contribution is 2.31. The number of fused-ring (bicyclic) bond motifs is 1. The zero-order chi connectivity index (χ0) is 14.0. The van der Waals surface area contributed by atoms with E-state index in [4.69, 9.17) is 10.8 Å². The second-order valence-corrected chi connectivity index (χ2v) is 5.05. The first kappa shape index (κ1) is 13.6. The number of carbonyl (C=O) groups is 1. The molecule has 1 aromatic carbocycles. The molecule has 4 heteroatoms. The Balaban J connectivity index is 2.47. The number of hydrogen-bond acceptors (Lipinski definition) is 2. The molecular weight excluding hydrogens is 240 g/mol. The van der Waals surface area contributed by atoms with Gasteiger partial charge in [-0.25, -0.2) is 0 Å². The Morgan fingerprint density at radius 2 is 2.21 bits per heavy atom. The van der Waals surface area contributed by atoms with Gasteiger partial charge in [-0.2, -0.15) is 0 Å². The van der Waals surface area contributed by atoms with E-state index in [0.717, 1.165) is 29.3 Å². The molecule has 2 unspecified atom stereocenters. The highest BCUT2D eigenvalue weighted by molar-refractivity contribution is 5.85. The van der Waals surface area contributed by atoms with Crippen molar-refractivity contribution < 1.29 is 9.90 Å². The largest absolute Gasteiger partial charge is 0.480 e. The minimum Gasteiger partial charge on any atom is -0.480 e. The highest BCUT2D eigenvalue weighted by Gasteiger charge is 2.27. The lowest BCUT2D eigenvalue weighted by Crippen LogP contribution is -2.36. The summed E-state index contributed by atoms with van der Waals surface area (Å²) >= 11 is 0. The maximum atomic E-state index is 11.2. The second kappa shape index (κ2) is 5.45. The van der Waals surface area contributed by atoms with Crippen LogP contribution in [-0.2, 0) is 4.79 Å². The van der Waals surface area contributed by atoms with Gasteiger partial charge in [-0.3, -0.25) is 4.79 Å². The second-order valence-electron chi connectivity index (χ2n) is 5.05. The van der Waals surface area contributed by atoms with Crippen LogP contribution in [0, 0.1) is 6.92 Å². The Bertz CT molecular complexity index is 589. The Hall–Kier alpha value is -1.81. The van der Waals surface area contributed by atoms with Crippen LogP contribution in [0.3, 0.4) is 0 Å². The molecule has 0 fully saturated rings. The lowest BCUT2D eigenvalue weighted by molar-refractivity contribution is -0.139. The van der Waals surface area contributed by atoms with Crippen LogP contribution in [0.1, 0.15) is 36.8 Å². The molecule has 1 heterocycles. The molecule has 0 aliphatic heterocycles. The summed E-state index contributed by atoms with van der Waals surface area (Å²) in [6, 6.07) is 5.27. The van der Waals surface area contributed by atoms with Gasteiger partial charge >= 0.3 is 5.97 Å². The fourth-order valence-corrected chi connectivity index (χ4v) is 2.58. The minimum absolute atomic E-state index is 0.154. The van der Waals surface area contributed by atoms with Crippen molar-refractivity contribution in [2.45, 2.75) is 38.6 Å². The van der Waals surface area contributed by atoms with Gasteiger partial charge in [-0.1, -0.05) is 25.5 Å². The predicted molar refractivity (Wildman–Crippen MR) is 76.3 cm³/mol. The Kier molecular flexibility index (Phi) is 3.90. The third kappa shape index (κ3) is 2.63. The summed E-state index contributed by atoms with van der Waals surface area (Å²) in [5.74, 6) is -1.10. The van der Waals surface area contributed by atoms with Crippen LogP contribution in [0.5, 0.6) is 0 Å². The first-order valence-electron chi connectivity index (χ1n) is 6.60. The standard InChI is InChI=1S/C15H20N2O2/c1-3-4-11(14(16)15(18)19)12-8-17-13-7-9(2)5-6-10(12)13/h5-8,11,14,17H,3-4,16H2,1-2H3,(H,18,19). The quantitative estimate of drug-likeness (QED) is 0.773. The molecule has 4 nitrogen and oxygen atoms in total. The number of H-pyrrole nitrogens is 1. The van der Waals surface area contributed by atoms with Gasteiger partial charge in [0.1, 0.15) is 6.04 Å². The Morgan fingerprint density at radius 3 is 2.84 bits per heavy atom. The molecule has 2 aromatic rings. The van der Waals surface area contributed by atoms with Crippen LogP contribution >= 0.6 is 0 Å². The molecule has 0 spiro atoms. The van der Waals surface area contributed by atoms with Crippen molar-refractivity contribution in [3.05, 3.63) is 35.5 Å². The number of benzene rings is 1. The summed E-state index contributed by atoms with van der Waals surface area (Å²) in [5.41, 5.74) is 9.06. The lowest BCUT2D eigenvalue weighted by Gasteiger charge is -2.19. The van der Waals surface area contributed by atoms with Crippen LogP contribution in [0.2, 0.25) is 0 Å². The van der Waals surface area contributed by atoms with E-state index < -0.39 is 12.0 Å². The van der Waals surface area contributed by atoms with Crippen molar-refractivity contribution in [2.24, 2.45) is 5.73 Å². The van der Waals surface area contributed by atoms with Crippen molar-refractivity contribution in [3.8, 4) is 0 Å². The van der Waals surface area contributed by atoms with E-state index in [1.165, 1.54) is 5.56 Å². The maximum Gasteiger partial charge on any atom is 0.321 e. The van der Waals surface area contributed by atoms with Gasteiger partial charge in [-0.15, -0.1) is 0 Å². The number of rotatable bonds is 5. The molecule has 0 saturated heterocycles. The average molecular weight is 260 g/mol. The number of aryl methyl sites for hydroxylation is 1. The molecule has 0 radical (unpaired) electrons. The van der Waals surface area contributed by atoms with E-state index in [2.05, 4.69) is 11.1 Å². The van der Waals surface area contributed by atoms with Gasteiger partial charge in [0.05, 0.1) is 0 Å². The molecule has 0 aliphatic carbocycles. The number of hydrogen-bond donors (Lipinski definition) is 3. The van der Waals surface area contributed by atoms with E-state index in [0.29, 0.717) is 0 Å². The molecular formula is C15H20N2O2. The summed E-state index contributed by atoms with van der Waals surface area (Å²) in [6.45, 7) is 4.08. The Morgan fingerprint density at radius 1 is 1.47 bits per heavy atom. The molecule has 1 aromatic heterocycles. The van der Waals surface area contributed by atoms with E-state index in [1.54, 1.807) is 0 Å². The average Bonchev–Trinajstić information content (AvgIpc) is 2.77. The summed E-state index contributed by atoms with van der Waals surface area (Å²) in [7, 11) is 0. The smallest absolute Gasteiger partial charge is 0.321 e. The fraction of sp³-hybridized carbons (Fsp3) is 0.400. The van der Waals surface area contributed by atoms with E-state index >= 15 is 0 Å². The summed E-state index contributed by atoms with van der Waals surface area (Å²) in [5, 5.41) is 10.2. The zero-order valence-corrected chi connectivity index (χ0v) is 11.3. The number of aromatic amines is 1. The fourth-order valence-electron chi connectivity index (χ4n) is 2.58. The molecule has 4 N–H and O–H groups in total. The molecule has 0 saturated carbocycles. The topological polar surface area (TPSA) is 79.1 Å². The molecule has 2 rings (SSSR count). The highest BCUT2D eigenvalue weighted by atomic mass is 16.4. The summed E-state index contributed by atoms with van der Waals surface area (Å²) in [6.07, 6.45) is 3.58. The van der Waals surface area contributed by atoms with Crippen LogP contribution in [-0.4, -0.2) is 22.1 Å². The van der Waals surface area contributed by atoms with Gasteiger partial charge < -0.3 is 15.8 Å². The van der Waals surface area contributed by atoms with Crippen LogP contribution in [0.15, 0.2) is 24.4 Å². The van der Waals surface area contributed by atoms with Gasteiger partial charge in [0.15, 0.2) is 0 Å². The van der Waals surface area contributed by atoms with E-state index in [9.17, 15) is 4.79 Å². The van der Waals surface area contributed by atoms with Gasteiger partial charge in [0.25, 0.3) is 0 Å². The monoisotopic (exact) mass is 260 g/mol. The first-order valence-corrected chi connectivity index (χ1v) is 6.60. The Labute approximate surface area is 112 Å². The third-order valence-corrected chi connectivity index (χ3v) is 3.59. The van der Waals surface area contributed by atoms with Crippen molar-refractivity contribution in [3.63, 3.8) is 0 Å². The SMILES string of the molecule is CCCC(c1c[nH]c2cc(C)ccc12)C(N)C(=O)O. The third-order valence-electron chi connectivity index (χ3n) is 3.59. The molecule has 19 heavy (non-hydrogen) atoms. The zero-order valence-electron chi connectivity index (χ0n) is 11.3. The molecule has 0 bridgehead atoms. The number of nitrogens with one attached hydrogen (secondary N) is 1. The molecule has 102 valence electrons. The van der Waals surface area contributed by atoms with Gasteiger partial charge in [0, 0.05) is 23.0 Å². The summed E-state index contributed by atoms with van der Waals surface area (Å²) < 4.78 is 0. The minimum atomic E-state index is -0.945. The van der Waals surface area contributed by atoms with Crippen molar-refractivity contribution in [2.75, 3.05) is 0 Å². The number of carboxylic acid groups (broad SMARTS) is 1. The van der Waals surface area contributed by atoms with Gasteiger partial charge in [0.2, 0.25) is 0 Å². The number of aliphatic carboxylic acids is 1. The van der Waals surface area contributed by atoms with Crippen molar-refractivity contribution >= 4 is 16.9 Å². The summed E-state index contributed by atoms with van der Waals surface area (Å²) in [4.78, 5) is 14.4. The lowest BCUT2D eigenvalue weighted by atomic mass is 9.87. The molecule has 0 aliphatic rings. The first-order chi connectivity index (χ1) is 9.04. The van der Waals surface area contributed by atoms with Crippen molar-refractivity contribution in [1.82, 2.24) is 4.98 Å². The number of carboxylic acids is 1.